The molecule has 2 aromatic heterocycles. The van der Waals surface area contributed by atoms with Crippen LogP contribution in [0.25, 0.3) is 22.0 Å². The molecule has 0 saturated heterocycles. The van der Waals surface area contributed by atoms with Crippen LogP contribution in [0, 0.1) is 25.2 Å². The first-order valence-corrected chi connectivity index (χ1v) is 11.1. The summed E-state index contributed by atoms with van der Waals surface area (Å²) in [5, 5.41) is 9.67. The summed E-state index contributed by atoms with van der Waals surface area (Å²) in [4.78, 5) is 5.26. The average molecular weight is 466 g/mol. The fourth-order valence-electron chi connectivity index (χ4n) is 3.16. The van der Waals surface area contributed by atoms with Crippen molar-refractivity contribution in [3.8, 4) is 11.8 Å². The summed E-state index contributed by atoms with van der Waals surface area (Å²) in [5.74, 6) is 0. The number of thioether (sulfide) groups is 1. The minimum absolute atomic E-state index is 0.633. The van der Waals surface area contributed by atoms with E-state index in [1.54, 1.807) is 11.3 Å². The number of nitriles is 1. The Morgan fingerprint density at radius 2 is 2.00 bits per heavy atom. The molecule has 0 spiro atoms. The molecule has 4 rings (SSSR count). The van der Waals surface area contributed by atoms with Crippen molar-refractivity contribution in [1.82, 2.24) is 9.55 Å². The number of aromatic nitrogens is 2. The van der Waals surface area contributed by atoms with E-state index in [0.29, 0.717) is 4.91 Å². The van der Waals surface area contributed by atoms with Gasteiger partial charge in [-0.05, 0) is 73.6 Å². The van der Waals surface area contributed by atoms with E-state index in [9.17, 15) is 5.26 Å². The molecule has 2 aromatic carbocycles. The van der Waals surface area contributed by atoms with Gasteiger partial charge < -0.3 is 4.57 Å². The zero-order chi connectivity index (χ0) is 19.7. The fraction of sp³-hybridized carbons (Fsp3) is 0.0909. The van der Waals surface area contributed by atoms with Crippen molar-refractivity contribution in [1.29, 1.82) is 5.26 Å². The Labute approximate surface area is 180 Å². The fourth-order valence-corrected chi connectivity index (χ4v) is 5.51. The molecule has 0 bridgehead atoms. The maximum atomic E-state index is 9.67. The zero-order valence-electron chi connectivity index (χ0n) is 15.3. The van der Waals surface area contributed by atoms with Crippen LogP contribution >= 0.6 is 39.0 Å². The van der Waals surface area contributed by atoms with E-state index < -0.39 is 0 Å². The summed E-state index contributed by atoms with van der Waals surface area (Å²) in [6, 6.07) is 20.7. The standard InChI is InChI=1S/C22H16BrN3S2/c1-14-10-16(15(2)26(14)18-7-5-6-17(23)12-18)11-19(13-24)27-22-25-20-8-3-4-9-21(20)28-22/h3-12H,1-2H3/b19-11+. The summed E-state index contributed by atoms with van der Waals surface area (Å²) in [6.45, 7) is 4.16. The van der Waals surface area contributed by atoms with Crippen LogP contribution in [0.3, 0.4) is 0 Å². The average Bonchev–Trinajstić information content (AvgIpc) is 3.21. The third kappa shape index (κ3) is 3.79. The van der Waals surface area contributed by atoms with Gasteiger partial charge in [-0.2, -0.15) is 5.26 Å². The van der Waals surface area contributed by atoms with Crippen LogP contribution in [0.2, 0.25) is 0 Å². The molecular weight excluding hydrogens is 450 g/mol. The minimum atomic E-state index is 0.633. The number of hydrogen-bond donors (Lipinski definition) is 0. The first-order valence-electron chi connectivity index (χ1n) is 8.65. The molecule has 4 aromatic rings. The number of thiazole rings is 1. The van der Waals surface area contributed by atoms with Gasteiger partial charge in [0.25, 0.3) is 0 Å². The van der Waals surface area contributed by atoms with Crippen molar-refractivity contribution in [2.75, 3.05) is 0 Å². The van der Waals surface area contributed by atoms with Gasteiger partial charge in [0.1, 0.15) is 6.07 Å². The number of nitrogens with zero attached hydrogens (tertiary/aromatic N) is 3. The molecule has 0 atom stereocenters. The molecule has 0 aliphatic rings. The summed E-state index contributed by atoms with van der Waals surface area (Å²) in [7, 11) is 0. The molecule has 0 N–H and O–H groups in total. The van der Waals surface area contributed by atoms with Gasteiger partial charge in [0, 0.05) is 21.5 Å². The second-order valence-corrected chi connectivity index (χ2v) is 9.55. The monoisotopic (exact) mass is 465 g/mol. The van der Waals surface area contributed by atoms with Crippen molar-refractivity contribution in [2.24, 2.45) is 0 Å². The van der Waals surface area contributed by atoms with E-state index in [4.69, 9.17) is 0 Å². The first kappa shape index (κ1) is 19.0. The van der Waals surface area contributed by atoms with Crippen LogP contribution in [-0.4, -0.2) is 9.55 Å². The van der Waals surface area contributed by atoms with Crippen molar-refractivity contribution >= 4 is 55.3 Å². The third-order valence-corrected chi connectivity index (χ3v) is 6.92. The van der Waals surface area contributed by atoms with Crippen LogP contribution < -0.4 is 0 Å². The van der Waals surface area contributed by atoms with Gasteiger partial charge in [-0.15, -0.1) is 11.3 Å². The van der Waals surface area contributed by atoms with Crippen LogP contribution in [0.5, 0.6) is 0 Å². The van der Waals surface area contributed by atoms with Crippen LogP contribution in [0.1, 0.15) is 17.0 Å². The predicted octanol–water partition coefficient (Wildman–Crippen LogP) is 7.12. The lowest BCUT2D eigenvalue weighted by molar-refractivity contribution is 0.963. The lowest BCUT2D eigenvalue weighted by Gasteiger charge is -2.10. The molecule has 0 unspecified atom stereocenters. The molecule has 0 aliphatic carbocycles. The number of fused-ring (bicyclic) bond motifs is 1. The number of rotatable bonds is 4. The number of halogens is 1. The van der Waals surface area contributed by atoms with Gasteiger partial charge in [-0.25, -0.2) is 4.98 Å². The van der Waals surface area contributed by atoms with Gasteiger partial charge in [-0.3, -0.25) is 0 Å². The maximum absolute atomic E-state index is 9.67. The molecule has 28 heavy (non-hydrogen) atoms. The molecule has 138 valence electrons. The second-order valence-electron chi connectivity index (χ2n) is 6.31. The predicted molar refractivity (Wildman–Crippen MR) is 122 cm³/mol. The Balaban J connectivity index is 1.69. The van der Waals surface area contributed by atoms with E-state index in [1.165, 1.54) is 11.8 Å². The molecule has 0 radical (unpaired) electrons. The maximum Gasteiger partial charge on any atom is 0.156 e. The van der Waals surface area contributed by atoms with Crippen molar-refractivity contribution < 1.29 is 0 Å². The molecule has 0 saturated carbocycles. The van der Waals surface area contributed by atoms with Gasteiger partial charge >= 0.3 is 0 Å². The molecule has 0 amide bonds. The highest BCUT2D eigenvalue weighted by Crippen LogP contribution is 2.35. The first-order chi connectivity index (χ1) is 13.5. The summed E-state index contributed by atoms with van der Waals surface area (Å²) in [6.07, 6.45) is 1.95. The minimum Gasteiger partial charge on any atom is -0.318 e. The van der Waals surface area contributed by atoms with Crippen molar-refractivity contribution in [3.05, 3.63) is 80.9 Å². The highest BCUT2D eigenvalue weighted by atomic mass is 79.9. The SMILES string of the molecule is Cc1cc(/C=C(\C#N)Sc2nc3ccccc3s2)c(C)n1-c1cccc(Br)c1. The topological polar surface area (TPSA) is 41.6 Å². The summed E-state index contributed by atoms with van der Waals surface area (Å²) >= 11 is 6.57. The largest absolute Gasteiger partial charge is 0.318 e. The Bertz CT molecular complexity index is 1210. The van der Waals surface area contributed by atoms with Crippen molar-refractivity contribution in [3.63, 3.8) is 0 Å². The summed E-state index contributed by atoms with van der Waals surface area (Å²) in [5.41, 5.74) is 5.35. The number of para-hydroxylation sites is 1. The van der Waals surface area contributed by atoms with Gasteiger partial charge in [0.15, 0.2) is 4.34 Å². The van der Waals surface area contributed by atoms with E-state index in [1.807, 2.05) is 36.4 Å². The quantitative estimate of drug-likeness (QED) is 0.237. The molecule has 0 aliphatic heterocycles. The smallest absolute Gasteiger partial charge is 0.156 e. The Kier molecular flexibility index (Phi) is 5.40. The number of benzene rings is 2. The van der Waals surface area contributed by atoms with Crippen LogP contribution in [-0.2, 0) is 0 Å². The lowest BCUT2D eigenvalue weighted by atomic mass is 10.2. The van der Waals surface area contributed by atoms with E-state index >= 15 is 0 Å². The molecule has 0 fully saturated rings. The van der Waals surface area contributed by atoms with E-state index in [-0.39, 0.29) is 0 Å². The van der Waals surface area contributed by atoms with E-state index in [2.05, 4.69) is 69.7 Å². The number of hydrogen-bond acceptors (Lipinski definition) is 4. The van der Waals surface area contributed by atoms with Gasteiger partial charge in [0.2, 0.25) is 0 Å². The summed E-state index contributed by atoms with van der Waals surface area (Å²) < 4.78 is 5.26. The van der Waals surface area contributed by atoms with Gasteiger partial charge in [0.05, 0.1) is 15.1 Å². The highest BCUT2D eigenvalue weighted by Gasteiger charge is 2.12. The van der Waals surface area contributed by atoms with E-state index in [0.717, 1.165) is 41.7 Å². The van der Waals surface area contributed by atoms with Crippen LogP contribution in [0.4, 0.5) is 0 Å². The molecule has 3 nitrogen and oxygen atoms in total. The normalized spacial score (nSPS) is 11.7. The van der Waals surface area contributed by atoms with Crippen molar-refractivity contribution in [2.45, 2.75) is 18.2 Å². The van der Waals surface area contributed by atoms with Crippen LogP contribution in [0.15, 0.2) is 68.3 Å². The molecule has 2 heterocycles. The Hall–Kier alpha value is -2.33. The molecule has 6 heteroatoms. The highest BCUT2D eigenvalue weighted by molar-refractivity contribution is 9.10. The Morgan fingerprint density at radius 3 is 2.75 bits per heavy atom. The Morgan fingerprint density at radius 1 is 1.18 bits per heavy atom. The zero-order valence-corrected chi connectivity index (χ0v) is 18.5. The second kappa shape index (κ2) is 7.96. The number of allylic oxidation sites excluding steroid dienone is 1. The molecular formula is C22H16BrN3S2. The third-order valence-electron chi connectivity index (χ3n) is 4.40. The number of aryl methyl sites for hydroxylation is 1. The lowest BCUT2D eigenvalue weighted by Crippen LogP contribution is -1.98. The van der Waals surface area contributed by atoms with Gasteiger partial charge in [-0.1, -0.05) is 34.1 Å².